The molecule has 0 aromatic heterocycles. The van der Waals surface area contributed by atoms with Gasteiger partial charge in [-0.1, -0.05) is 49.4 Å². The van der Waals surface area contributed by atoms with E-state index in [0.29, 0.717) is 0 Å². The fourth-order valence-electron chi connectivity index (χ4n) is 2.32. The molecule has 0 bridgehead atoms. The number of hydrogen-bond acceptors (Lipinski definition) is 1. The molecule has 0 amide bonds. The minimum absolute atomic E-state index is 0.159. The summed E-state index contributed by atoms with van der Waals surface area (Å²) in [6, 6.07) is 19.2. The Hall–Kier alpha value is -0.870. The van der Waals surface area contributed by atoms with Crippen molar-refractivity contribution in [3.63, 3.8) is 0 Å². The summed E-state index contributed by atoms with van der Waals surface area (Å²) in [6.45, 7) is 2.18. The molecule has 1 atom stereocenters. The van der Waals surface area contributed by atoms with Crippen LogP contribution in [0.15, 0.2) is 54.6 Å². The maximum absolute atomic E-state index is 6.60. The quantitative estimate of drug-likeness (QED) is 0.791. The van der Waals surface area contributed by atoms with Gasteiger partial charge in [-0.2, -0.15) is 0 Å². The van der Waals surface area contributed by atoms with Gasteiger partial charge >= 0.3 is 0 Å². The first-order valence-corrected chi connectivity index (χ1v) is 7.76. The van der Waals surface area contributed by atoms with Crippen LogP contribution in [0.5, 0.6) is 0 Å². The molecule has 0 heterocycles. The van der Waals surface area contributed by atoms with E-state index in [-0.39, 0.29) is 5.54 Å². The van der Waals surface area contributed by atoms with E-state index < -0.39 is 0 Å². The zero-order chi connectivity index (χ0) is 13.7. The highest BCUT2D eigenvalue weighted by molar-refractivity contribution is 14.1. The predicted octanol–water partition coefficient (Wildman–Crippen LogP) is 4.18. The maximum atomic E-state index is 6.60. The smallest absolute Gasteiger partial charge is 0.0233 e. The first-order valence-electron chi connectivity index (χ1n) is 6.68. The minimum atomic E-state index is -0.159. The molecule has 1 unspecified atom stereocenters. The van der Waals surface area contributed by atoms with Gasteiger partial charge in [0, 0.05) is 9.11 Å². The minimum Gasteiger partial charge on any atom is -0.325 e. The summed E-state index contributed by atoms with van der Waals surface area (Å²) in [5.74, 6) is 0. The molecule has 2 N–H and O–H groups in total. The third kappa shape index (κ3) is 4.32. The van der Waals surface area contributed by atoms with Crippen LogP contribution in [-0.2, 0) is 12.8 Å². The van der Waals surface area contributed by atoms with Crippen LogP contribution in [0.25, 0.3) is 0 Å². The number of rotatable bonds is 5. The summed E-state index contributed by atoms with van der Waals surface area (Å²) in [7, 11) is 0. The van der Waals surface area contributed by atoms with Crippen LogP contribution >= 0.6 is 22.6 Å². The van der Waals surface area contributed by atoms with Gasteiger partial charge in [0.05, 0.1) is 0 Å². The molecule has 100 valence electrons. The third-order valence-electron chi connectivity index (χ3n) is 3.57. The molecular formula is C17H20IN. The number of hydrogen-bond donors (Lipinski definition) is 1. The lowest BCUT2D eigenvalue weighted by atomic mass is 9.83. The van der Waals surface area contributed by atoms with E-state index in [0.717, 1.165) is 19.3 Å². The van der Waals surface area contributed by atoms with E-state index in [1.165, 1.54) is 14.7 Å². The van der Waals surface area contributed by atoms with Crippen LogP contribution in [0.3, 0.4) is 0 Å². The summed E-state index contributed by atoms with van der Waals surface area (Å²) in [5.41, 5.74) is 9.08. The van der Waals surface area contributed by atoms with Gasteiger partial charge in [0.15, 0.2) is 0 Å². The fraction of sp³-hybridized carbons (Fsp3) is 0.294. The van der Waals surface area contributed by atoms with E-state index in [2.05, 4.69) is 78.0 Å². The van der Waals surface area contributed by atoms with Gasteiger partial charge in [-0.3, -0.25) is 0 Å². The van der Waals surface area contributed by atoms with Crippen molar-refractivity contribution in [3.8, 4) is 0 Å². The highest BCUT2D eigenvalue weighted by atomic mass is 127. The molecule has 0 fully saturated rings. The summed E-state index contributed by atoms with van der Waals surface area (Å²) in [4.78, 5) is 0. The SMILES string of the molecule is CCC(N)(Cc1ccccc1)Cc1ccc(I)cc1. The summed E-state index contributed by atoms with van der Waals surface area (Å²) >= 11 is 2.33. The topological polar surface area (TPSA) is 26.0 Å². The van der Waals surface area contributed by atoms with E-state index >= 15 is 0 Å². The molecule has 19 heavy (non-hydrogen) atoms. The van der Waals surface area contributed by atoms with Crippen molar-refractivity contribution in [2.45, 2.75) is 31.7 Å². The van der Waals surface area contributed by atoms with Gasteiger partial charge in [-0.05, 0) is 65.1 Å². The standard InChI is InChI=1S/C17H20IN/c1-2-17(19,12-14-6-4-3-5-7-14)13-15-8-10-16(18)11-9-15/h3-11H,2,12-13,19H2,1H3. The average molecular weight is 365 g/mol. The van der Waals surface area contributed by atoms with Crippen LogP contribution in [0.2, 0.25) is 0 Å². The molecule has 2 rings (SSSR count). The predicted molar refractivity (Wildman–Crippen MR) is 90.2 cm³/mol. The Kier molecular flexibility index (Phi) is 4.99. The second-order valence-electron chi connectivity index (χ2n) is 5.18. The van der Waals surface area contributed by atoms with E-state index in [9.17, 15) is 0 Å². The van der Waals surface area contributed by atoms with E-state index in [1.54, 1.807) is 0 Å². The van der Waals surface area contributed by atoms with Gasteiger partial charge in [-0.15, -0.1) is 0 Å². The van der Waals surface area contributed by atoms with Crippen molar-refractivity contribution in [2.24, 2.45) is 5.73 Å². The molecule has 2 aromatic rings. The molecule has 0 saturated carbocycles. The monoisotopic (exact) mass is 365 g/mol. The molecule has 0 spiro atoms. The Morgan fingerprint density at radius 1 is 0.895 bits per heavy atom. The highest BCUT2D eigenvalue weighted by Crippen LogP contribution is 2.20. The lowest BCUT2D eigenvalue weighted by molar-refractivity contribution is 0.404. The second kappa shape index (κ2) is 6.53. The van der Waals surface area contributed by atoms with Gasteiger partial charge in [0.25, 0.3) is 0 Å². The van der Waals surface area contributed by atoms with Gasteiger partial charge in [0.1, 0.15) is 0 Å². The average Bonchev–Trinajstić information content (AvgIpc) is 2.42. The normalized spacial score (nSPS) is 14.1. The Labute approximate surface area is 129 Å². The molecule has 0 aliphatic carbocycles. The van der Waals surface area contributed by atoms with Crippen molar-refractivity contribution < 1.29 is 0 Å². The molecule has 0 saturated heterocycles. The molecule has 1 nitrogen and oxygen atoms in total. The highest BCUT2D eigenvalue weighted by Gasteiger charge is 2.23. The van der Waals surface area contributed by atoms with Crippen LogP contribution in [0, 0.1) is 3.57 Å². The zero-order valence-electron chi connectivity index (χ0n) is 11.3. The maximum Gasteiger partial charge on any atom is 0.0233 e. The molecule has 0 radical (unpaired) electrons. The first-order chi connectivity index (χ1) is 9.11. The number of nitrogens with two attached hydrogens (primary N) is 1. The van der Waals surface area contributed by atoms with Crippen molar-refractivity contribution in [2.75, 3.05) is 0 Å². The molecular weight excluding hydrogens is 345 g/mol. The Balaban J connectivity index is 2.11. The van der Waals surface area contributed by atoms with Crippen molar-refractivity contribution in [3.05, 3.63) is 69.3 Å². The number of benzene rings is 2. The molecule has 0 aliphatic rings. The molecule has 0 aliphatic heterocycles. The number of halogens is 1. The van der Waals surface area contributed by atoms with Crippen molar-refractivity contribution in [1.29, 1.82) is 0 Å². The molecule has 2 heteroatoms. The van der Waals surface area contributed by atoms with E-state index in [4.69, 9.17) is 5.73 Å². The second-order valence-corrected chi connectivity index (χ2v) is 6.43. The summed E-state index contributed by atoms with van der Waals surface area (Å²) in [5, 5.41) is 0. The molecule has 2 aromatic carbocycles. The lowest BCUT2D eigenvalue weighted by Gasteiger charge is -2.28. The Morgan fingerprint density at radius 2 is 1.42 bits per heavy atom. The van der Waals surface area contributed by atoms with Crippen LogP contribution in [0.4, 0.5) is 0 Å². The Bertz CT molecular complexity index is 507. The first kappa shape index (κ1) is 14.5. The van der Waals surface area contributed by atoms with Crippen LogP contribution < -0.4 is 5.73 Å². The van der Waals surface area contributed by atoms with Gasteiger partial charge < -0.3 is 5.73 Å². The van der Waals surface area contributed by atoms with Crippen molar-refractivity contribution in [1.82, 2.24) is 0 Å². The van der Waals surface area contributed by atoms with Gasteiger partial charge in [0.2, 0.25) is 0 Å². The summed E-state index contributed by atoms with van der Waals surface area (Å²) < 4.78 is 1.27. The fourth-order valence-corrected chi connectivity index (χ4v) is 2.68. The van der Waals surface area contributed by atoms with Crippen LogP contribution in [-0.4, -0.2) is 5.54 Å². The van der Waals surface area contributed by atoms with Crippen LogP contribution in [0.1, 0.15) is 24.5 Å². The Morgan fingerprint density at radius 3 is 1.95 bits per heavy atom. The van der Waals surface area contributed by atoms with Gasteiger partial charge in [-0.25, -0.2) is 0 Å². The summed E-state index contributed by atoms with van der Waals surface area (Å²) in [6.07, 6.45) is 2.83. The third-order valence-corrected chi connectivity index (χ3v) is 4.29. The largest absolute Gasteiger partial charge is 0.325 e. The van der Waals surface area contributed by atoms with Crippen molar-refractivity contribution >= 4 is 22.6 Å². The zero-order valence-corrected chi connectivity index (χ0v) is 13.4. The van der Waals surface area contributed by atoms with E-state index in [1.807, 2.05) is 6.07 Å². The lowest BCUT2D eigenvalue weighted by Crippen LogP contribution is -2.43.